The highest BCUT2D eigenvalue weighted by molar-refractivity contribution is 6.38. The van der Waals surface area contributed by atoms with Crippen molar-refractivity contribution < 1.29 is 0 Å². The summed E-state index contributed by atoms with van der Waals surface area (Å²) in [7, 11) is 0. The van der Waals surface area contributed by atoms with Crippen LogP contribution in [0.3, 0.4) is 0 Å². The highest BCUT2D eigenvalue weighted by Crippen LogP contribution is 2.35. The van der Waals surface area contributed by atoms with Gasteiger partial charge in [0.05, 0.1) is 10.5 Å². The van der Waals surface area contributed by atoms with Crippen LogP contribution in [0, 0.1) is 6.92 Å². The fourth-order valence-electron chi connectivity index (χ4n) is 2.80. The van der Waals surface area contributed by atoms with Gasteiger partial charge in [-0.3, -0.25) is 4.98 Å². The molecule has 1 unspecified atom stereocenters. The number of halogens is 2. The van der Waals surface area contributed by atoms with E-state index in [1.807, 2.05) is 6.07 Å². The fourth-order valence-corrected chi connectivity index (χ4v) is 3.34. The highest BCUT2D eigenvalue weighted by atomic mass is 35.5. The minimum absolute atomic E-state index is 0.564. The minimum atomic E-state index is 0.564. The van der Waals surface area contributed by atoms with Gasteiger partial charge in [-0.15, -0.1) is 0 Å². The lowest BCUT2D eigenvalue weighted by Gasteiger charge is -2.20. The minimum Gasteiger partial charge on any atom is -0.253 e. The van der Waals surface area contributed by atoms with Gasteiger partial charge in [-0.05, 0) is 55.9 Å². The van der Waals surface area contributed by atoms with Crippen LogP contribution in [0.25, 0.3) is 10.9 Å². The van der Waals surface area contributed by atoms with Crippen molar-refractivity contribution in [1.29, 1.82) is 0 Å². The van der Waals surface area contributed by atoms with Gasteiger partial charge in [-0.25, -0.2) is 0 Å². The summed E-state index contributed by atoms with van der Waals surface area (Å²) < 4.78 is 0. The molecule has 0 N–H and O–H groups in total. The molecule has 1 aliphatic rings. The molecule has 0 aliphatic heterocycles. The fraction of sp³-hybridized carbons (Fsp3) is 0.312. The van der Waals surface area contributed by atoms with E-state index in [0.717, 1.165) is 29.4 Å². The number of fused-ring (bicyclic) bond motifs is 1. The summed E-state index contributed by atoms with van der Waals surface area (Å²) in [5.41, 5.74) is 3.29. The molecule has 2 aromatic rings. The molecule has 1 aliphatic carbocycles. The second-order valence-electron chi connectivity index (χ2n) is 5.10. The van der Waals surface area contributed by atoms with Gasteiger partial charge in [0.15, 0.2) is 0 Å². The van der Waals surface area contributed by atoms with Gasteiger partial charge >= 0.3 is 0 Å². The predicted molar refractivity (Wildman–Crippen MR) is 82.2 cm³/mol. The van der Waals surface area contributed by atoms with E-state index in [1.165, 1.54) is 12.0 Å². The lowest BCUT2D eigenvalue weighted by atomic mass is 9.86. The summed E-state index contributed by atoms with van der Waals surface area (Å²) in [6.07, 6.45) is 7.96. The second kappa shape index (κ2) is 5.15. The van der Waals surface area contributed by atoms with Crippen molar-refractivity contribution in [2.75, 3.05) is 0 Å². The average molecular weight is 292 g/mol. The summed E-state index contributed by atoms with van der Waals surface area (Å²) in [6.45, 7) is 2.07. The predicted octanol–water partition coefficient (Wildman–Crippen LogP) is 5.67. The first-order valence-electron chi connectivity index (χ1n) is 6.56. The molecule has 0 bridgehead atoms. The summed E-state index contributed by atoms with van der Waals surface area (Å²) in [5, 5.41) is 2.32. The first-order valence-corrected chi connectivity index (χ1v) is 7.32. The Bertz CT molecular complexity index is 661. The molecule has 0 radical (unpaired) electrons. The maximum absolute atomic E-state index is 6.29. The molecule has 3 heteroatoms. The van der Waals surface area contributed by atoms with Crippen LogP contribution in [-0.4, -0.2) is 4.98 Å². The molecular formula is C16H15Cl2N. The molecule has 1 nitrogen and oxygen atoms in total. The van der Waals surface area contributed by atoms with Gasteiger partial charge < -0.3 is 0 Å². The Hall–Kier alpha value is -1.05. The third-order valence-corrected chi connectivity index (χ3v) is 4.32. The molecule has 0 spiro atoms. The van der Waals surface area contributed by atoms with Crippen molar-refractivity contribution in [1.82, 2.24) is 4.98 Å². The van der Waals surface area contributed by atoms with Crippen molar-refractivity contribution in [2.24, 2.45) is 0 Å². The zero-order valence-corrected chi connectivity index (χ0v) is 12.3. The van der Waals surface area contributed by atoms with Crippen LogP contribution >= 0.6 is 23.2 Å². The zero-order valence-electron chi connectivity index (χ0n) is 10.8. The van der Waals surface area contributed by atoms with E-state index in [0.29, 0.717) is 16.0 Å². The van der Waals surface area contributed by atoms with E-state index in [-0.39, 0.29) is 0 Å². The third kappa shape index (κ3) is 2.50. The van der Waals surface area contributed by atoms with Crippen LogP contribution in [0.2, 0.25) is 10.0 Å². The topological polar surface area (TPSA) is 12.9 Å². The van der Waals surface area contributed by atoms with Gasteiger partial charge in [0, 0.05) is 16.1 Å². The van der Waals surface area contributed by atoms with Crippen LogP contribution in [-0.2, 0) is 0 Å². The van der Waals surface area contributed by atoms with Crippen molar-refractivity contribution in [2.45, 2.75) is 32.1 Å². The number of benzene rings is 1. The van der Waals surface area contributed by atoms with Crippen molar-refractivity contribution in [3.05, 3.63) is 51.7 Å². The number of hydrogen-bond acceptors (Lipinski definition) is 1. The number of allylic oxidation sites excluding steroid dienone is 2. The molecule has 1 aromatic carbocycles. The van der Waals surface area contributed by atoms with Gasteiger partial charge in [0.1, 0.15) is 0 Å². The van der Waals surface area contributed by atoms with Gasteiger partial charge in [0.25, 0.3) is 0 Å². The number of pyridine rings is 1. The van der Waals surface area contributed by atoms with E-state index in [2.05, 4.69) is 30.1 Å². The van der Waals surface area contributed by atoms with Crippen molar-refractivity contribution in [3.8, 4) is 0 Å². The Kier molecular flexibility index (Phi) is 3.51. The number of aryl methyl sites for hydroxylation is 1. The molecule has 0 amide bonds. The van der Waals surface area contributed by atoms with Crippen LogP contribution < -0.4 is 0 Å². The Morgan fingerprint density at radius 1 is 1.16 bits per heavy atom. The number of nitrogens with zero attached hydrogens (tertiary/aromatic N) is 1. The number of rotatable bonds is 1. The molecule has 19 heavy (non-hydrogen) atoms. The van der Waals surface area contributed by atoms with Crippen LogP contribution in [0.4, 0.5) is 0 Å². The normalized spacial score (nSPS) is 19.0. The SMILES string of the molecule is Cc1nc2cc(Cl)cc(Cl)c2cc1C1CC=CCC1. The Balaban J connectivity index is 2.15. The number of hydrogen-bond donors (Lipinski definition) is 0. The van der Waals surface area contributed by atoms with Gasteiger partial charge in [-0.1, -0.05) is 35.4 Å². The van der Waals surface area contributed by atoms with E-state index >= 15 is 0 Å². The highest BCUT2D eigenvalue weighted by Gasteiger charge is 2.17. The monoisotopic (exact) mass is 291 g/mol. The Labute approximate surface area is 123 Å². The lowest BCUT2D eigenvalue weighted by molar-refractivity contribution is 0.612. The molecule has 1 atom stereocenters. The first kappa shape index (κ1) is 13.0. The Morgan fingerprint density at radius 2 is 2.00 bits per heavy atom. The first-order chi connectivity index (χ1) is 9.15. The van der Waals surface area contributed by atoms with Crippen LogP contribution in [0.1, 0.15) is 36.4 Å². The molecular weight excluding hydrogens is 277 g/mol. The zero-order chi connectivity index (χ0) is 13.4. The molecule has 0 fully saturated rings. The molecule has 1 heterocycles. The lowest BCUT2D eigenvalue weighted by Crippen LogP contribution is -2.04. The standard InChI is InChI=1S/C16H15Cl2N/c1-10-13(11-5-3-2-4-6-11)9-14-15(18)7-12(17)8-16(14)19-10/h2-3,7-9,11H,4-6H2,1H3. The number of aromatic nitrogens is 1. The summed E-state index contributed by atoms with van der Waals surface area (Å²) in [4.78, 5) is 4.68. The third-order valence-electron chi connectivity index (χ3n) is 3.79. The quantitative estimate of drug-likeness (QED) is 0.617. The molecule has 0 saturated heterocycles. The van der Waals surface area contributed by atoms with E-state index in [1.54, 1.807) is 6.07 Å². The maximum Gasteiger partial charge on any atom is 0.0735 e. The van der Waals surface area contributed by atoms with Crippen molar-refractivity contribution >= 4 is 34.1 Å². The molecule has 1 aromatic heterocycles. The summed E-state index contributed by atoms with van der Waals surface area (Å²) >= 11 is 12.3. The Morgan fingerprint density at radius 3 is 2.74 bits per heavy atom. The average Bonchev–Trinajstić information content (AvgIpc) is 2.38. The largest absolute Gasteiger partial charge is 0.253 e. The summed E-state index contributed by atoms with van der Waals surface area (Å²) in [5.74, 6) is 0.564. The van der Waals surface area contributed by atoms with Crippen LogP contribution in [0.5, 0.6) is 0 Å². The smallest absolute Gasteiger partial charge is 0.0735 e. The molecule has 98 valence electrons. The molecule has 0 saturated carbocycles. The van der Waals surface area contributed by atoms with Gasteiger partial charge in [-0.2, -0.15) is 0 Å². The molecule has 3 rings (SSSR count). The van der Waals surface area contributed by atoms with Gasteiger partial charge in [0.2, 0.25) is 0 Å². The second-order valence-corrected chi connectivity index (χ2v) is 5.94. The van der Waals surface area contributed by atoms with E-state index in [4.69, 9.17) is 23.2 Å². The van der Waals surface area contributed by atoms with E-state index < -0.39 is 0 Å². The van der Waals surface area contributed by atoms with Crippen molar-refractivity contribution in [3.63, 3.8) is 0 Å². The maximum atomic E-state index is 6.29. The van der Waals surface area contributed by atoms with Crippen LogP contribution in [0.15, 0.2) is 30.4 Å². The summed E-state index contributed by atoms with van der Waals surface area (Å²) in [6, 6.07) is 5.85. The van der Waals surface area contributed by atoms with E-state index in [9.17, 15) is 0 Å².